The van der Waals surface area contributed by atoms with E-state index < -0.39 is 0 Å². The summed E-state index contributed by atoms with van der Waals surface area (Å²) in [6.45, 7) is 3.59. The van der Waals surface area contributed by atoms with Crippen molar-refractivity contribution < 1.29 is 9.59 Å². The maximum atomic E-state index is 11.0. The molecule has 2 amide bonds. The van der Waals surface area contributed by atoms with E-state index in [1.54, 1.807) is 11.3 Å². The predicted molar refractivity (Wildman–Crippen MR) is 84.2 cm³/mol. The Balaban J connectivity index is 2.00. The van der Waals surface area contributed by atoms with Crippen molar-refractivity contribution in [2.45, 2.75) is 20.3 Å². The molecule has 0 aliphatic heterocycles. The summed E-state index contributed by atoms with van der Waals surface area (Å²) in [5.74, 6) is -0.114. The van der Waals surface area contributed by atoms with Crippen LogP contribution in [0.5, 0.6) is 0 Å². The normalized spacial score (nSPS) is 10.2. The summed E-state index contributed by atoms with van der Waals surface area (Å²) in [7, 11) is 0. The summed E-state index contributed by atoms with van der Waals surface area (Å²) in [5.41, 5.74) is 2.69. The fraction of sp³-hybridized carbons (Fsp3) is 0.267. The Morgan fingerprint density at radius 3 is 2.48 bits per heavy atom. The summed E-state index contributed by atoms with van der Waals surface area (Å²) in [4.78, 5) is 26.3. The van der Waals surface area contributed by atoms with Crippen molar-refractivity contribution in [2.75, 3.05) is 11.9 Å². The highest BCUT2D eigenvalue weighted by atomic mass is 32.1. The molecule has 0 fully saturated rings. The summed E-state index contributed by atoms with van der Waals surface area (Å²) in [5, 5.41) is 8.47. The minimum atomic E-state index is -0.0864. The number of benzene rings is 1. The van der Waals surface area contributed by atoms with Crippen LogP contribution in [0.15, 0.2) is 29.6 Å². The van der Waals surface area contributed by atoms with Gasteiger partial charge in [-0.1, -0.05) is 12.1 Å². The molecule has 1 aromatic carbocycles. The average molecular weight is 303 g/mol. The van der Waals surface area contributed by atoms with Crippen LogP contribution in [0.4, 0.5) is 5.69 Å². The quantitative estimate of drug-likeness (QED) is 0.891. The Bertz CT molecular complexity index is 635. The van der Waals surface area contributed by atoms with Gasteiger partial charge in [0.1, 0.15) is 0 Å². The van der Waals surface area contributed by atoms with E-state index in [9.17, 15) is 9.59 Å². The molecule has 0 atom stereocenters. The molecule has 0 bridgehead atoms. The second-order valence-electron chi connectivity index (χ2n) is 4.62. The van der Waals surface area contributed by atoms with Gasteiger partial charge in [-0.15, -0.1) is 11.3 Å². The lowest BCUT2D eigenvalue weighted by Crippen LogP contribution is -2.22. The van der Waals surface area contributed by atoms with Crippen molar-refractivity contribution in [3.8, 4) is 11.3 Å². The number of carbonyl (C=O) groups is 2. The van der Waals surface area contributed by atoms with Crippen LogP contribution in [0.1, 0.15) is 18.9 Å². The van der Waals surface area contributed by atoms with Crippen LogP contribution in [0.3, 0.4) is 0 Å². The first-order valence-corrected chi connectivity index (χ1v) is 7.49. The number of carbonyl (C=O) groups excluding carboxylic acids is 2. The number of hydrogen-bond acceptors (Lipinski definition) is 4. The van der Waals surface area contributed by atoms with Crippen LogP contribution in [0, 0.1) is 0 Å². The Kier molecular flexibility index (Phi) is 5.05. The van der Waals surface area contributed by atoms with Crippen molar-refractivity contribution in [3.05, 3.63) is 34.7 Å². The molecule has 0 spiro atoms. The maximum Gasteiger partial charge on any atom is 0.221 e. The lowest BCUT2D eigenvalue weighted by atomic mass is 10.1. The number of anilines is 1. The van der Waals surface area contributed by atoms with Gasteiger partial charge in [-0.2, -0.15) is 0 Å². The zero-order valence-electron chi connectivity index (χ0n) is 12.0. The van der Waals surface area contributed by atoms with Crippen LogP contribution in [0.25, 0.3) is 11.3 Å². The third-order valence-corrected chi connectivity index (χ3v) is 3.67. The molecule has 110 valence electrons. The summed E-state index contributed by atoms with van der Waals surface area (Å²) in [6, 6.07) is 7.57. The third kappa shape index (κ3) is 4.68. The van der Waals surface area contributed by atoms with Gasteiger partial charge in [0.05, 0.1) is 10.7 Å². The number of nitrogens with zero attached hydrogens (tertiary/aromatic N) is 1. The van der Waals surface area contributed by atoms with Crippen molar-refractivity contribution in [1.82, 2.24) is 10.3 Å². The van der Waals surface area contributed by atoms with Gasteiger partial charge in [-0.05, 0) is 12.1 Å². The molecule has 2 aromatic rings. The standard InChI is InChI=1S/C15H17N3O2S/c1-10(19)16-8-7-15-18-14(9-21-15)12-3-5-13(6-4-12)17-11(2)20/h3-6,9H,7-8H2,1-2H3,(H,16,19)(H,17,20). The zero-order valence-corrected chi connectivity index (χ0v) is 12.8. The Morgan fingerprint density at radius 1 is 1.14 bits per heavy atom. The van der Waals surface area contributed by atoms with Gasteiger partial charge >= 0.3 is 0 Å². The molecule has 0 aliphatic carbocycles. The minimum Gasteiger partial charge on any atom is -0.356 e. The van der Waals surface area contributed by atoms with Crippen molar-refractivity contribution >= 4 is 28.8 Å². The van der Waals surface area contributed by atoms with Crippen LogP contribution in [-0.2, 0) is 16.0 Å². The lowest BCUT2D eigenvalue weighted by Gasteiger charge is -2.02. The smallest absolute Gasteiger partial charge is 0.221 e. The summed E-state index contributed by atoms with van der Waals surface area (Å²) < 4.78 is 0. The van der Waals surface area contributed by atoms with E-state index in [0.717, 1.165) is 28.4 Å². The highest BCUT2D eigenvalue weighted by molar-refractivity contribution is 7.09. The van der Waals surface area contributed by atoms with E-state index >= 15 is 0 Å². The molecule has 21 heavy (non-hydrogen) atoms. The van der Waals surface area contributed by atoms with E-state index in [0.29, 0.717) is 6.54 Å². The van der Waals surface area contributed by atoms with E-state index in [4.69, 9.17) is 0 Å². The van der Waals surface area contributed by atoms with Crippen LogP contribution < -0.4 is 10.6 Å². The fourth-order valence-electron chi connectivity index (χ4n) is 1.83. The van der Waals surface area contributed by atoms with Crippen LogP contribution in [-0.4, -0.2) is 23.3 Å². The highest BCUT2D eigenvalue weighted by Gasteiger charge is 2.05. The molecule has 2 N–H and O–H groups in total. The number of nitrogens with one attached hydrogen (secondary N) is 2. The average Bonchev–Trinajstić information content (AvgIpc) is 2.87. The SMILES string of the molecule is CC(=O)NCCc1nc(-c2ccc(NC(C)=O)cc2)cs1. The first-order valence-electron chi connectivity index (χ1n) is 6.61. The second kappa shape index (κ2) is 6.99. The molecule has 1 aromatic heterocycles. The summed E-state index contributed by atoms with van der Waals surface area (Å²) in [6.07, 6.45) is 0.730. The van der Waals surface area contributed by atoms with Gasteiger partial charge in [0, 0.05) is 43.4 Å². The Morgan fingerprint density at radius 2 is 1.86 bits per heavy atom. The molecule has 2 rings (SSSR count). The molecule has 5 nitrogen and oxygen atoms in total. The fourth-order valence-corrected chi connectivity index (χ4v) is 2.64. The van der Waals surface area contributed by atoms with Crippen molar-refractivity contribution in [1.29, 1.82) is 0 Å². The van der Waals surface area contributed by atoms with Gasteiger partial charge in [-0.25, -0.2) is 4.98 Å². The molecular weight excluding hydrogens is 286 g/mol. The second-order valence-corrected chi connectivity index (χ2v) is 5.56. The van der Waals surface area contributed by atoms with Crippen molar-refractivity contribution in [3.63, 3.8) is 0 Å². The van der Waals surface area contributed by atoms with E-state index in [-0.39, 0.29) is 11.8 Å². The zero-order chi connectivity index (χ0) is 15.2. The molecule has 0 unspecified atom stereocenters. The van der Waals surface area contributed by atoms with Gasteiger partial charge < -0.3 is 10.6 Å². The van der Waals surface area contributed by atoms with Gasteiger partial charge in [0.2, 0.25) is 11.8 Å². The number of hydrogen-bond donors (Lipinski definition) is 2. The predicted octanol–water partition coefficient (Wildman–Crippen LogP) is 2.45. The number of thiazole rings is 1. The molecule has 6 heteroatoms. The maximum absolute atomic E-state index is 11.0. The topological polar surface area (TPSA) is 71.1 Å². The van der Waals surface area contributed by atoms with Gasteiger partial charge in [-0.3, -0.25) is 9.59 Å². The molecular formula is C15H17N3O2S. The monoisotopic (exact) mass is 303 g/mol. The first-order chi connectivity index (χ1) is 10.0. The molecule has 0 radical (unpaired) electrons. The summed E-state index contributed by atoms with van der Waals surface area (Å²) >= 11 is 1.58. The van der Waals surface area contributed by atoms with E-state index in [1.807, 2.05) is 29.6 Å². The first kappa shape index (κ1) is 15.2. The van der Waals surface area contributed by atoms with E-state index in [1.165, 1.54) is 13.8 Å². The molecule has 1 heterocycles. The highest BCUT2D eigenvalue weighted by Crippen LogP contribution is 2.23. The number of rotatable bonds is 5. The minimum absolute atomic E-state index is 0.0275. The number of aromatic nitrogens is 1. The largest absolute Gasteiger partial charge is 0.356 e. The van der Waals surface area contributed by atoms with E-state index in [2.05, 4.69) is 15.6 Å². The van der Waals surface area contributed by atoms with Crippen LogP contribution in [0.2, 0.25) is 0 Å². The lowest BCUT2D eigenvalue weighted by molar-refractivity contribution is -0.119. The Hall–Kier alpha value is -2.21. The number of amides is 2. The molecule has 0 aliphatic rings. The van der Waals surface area contributed by atoms with Gasteiger partial charge in [0.25, 0.3) is 0 Å². The molecule has 0 saturated carbocycles. The van der Waals surface area contributed by atoms with Crippen molar-refractivity contribution in [2.24, 2.45) is 0 Å². The van der Waals surface area contributed by atoms with Gasteiger partial charge in [0.15, 0.2) is 0 Å². The third-order valence-electron chi connectivity index (χ3n) is 2.77. The van der Waals surface area contributed by atoms with Crippen LogP contribution >= 0.6 is 11.3 Å². The Labute approximate surface area is 127 Å². The molecule has 0 saturated heterocycles.